The number of fused-ring (bicyclic) bond motifs is 1. The zero-order valence-electron chi connectivity index (χ0n) is 15.4. The number of nitrogens with one attached hydrogen (secondary N) is 1. The molecule has 4 heteroatoms. The van der Waals surface area contributed by atoms with E-state index in [2.05, 4.69) is 58.7 Å². The molecule has 0 fully saturated rings. The first-order chi connectivity index (χ1) is 13.3. The maximum atomic E-state index is 11.8. The van der Waals surface area contributed by atoms with Gasteiger partial charge in [-0.05, 0) is 60.2 Å². The van der Waals surface area contributed by atoms with Crippen LogP contribution in [-0.4, -0.2) is 19.0 Å². The number of aryl methyl sites for hydroxylation is 1. The Morgan fingerprint density at radius 3 is 2.59 bits per heavy atom. The van der Waals surface area contributed by atoms with Crippen molar-refractivity contribution in [3.63, 3.8) is 0 Å². The Hall–Kier alpha value is -3.01. The van der Waals surface area contributed by atoms with E-state index in [0.717, 1.165) is 32.4 Å². The minimum atomic E-state index is -0.152. The van der Waals surface area contributed by atoms with Crippen LogP contribution in [0.3, 0.4) is 0 Å². The molecule has 1 aromatic heterocycles. The molecule has 27 heavy (non-hydrogen) atoms. The molecule has 0 saturated heterocycles. The monoisotopic (exact) mass is 360 g/mol. The number of benzene rings is 2. The standard InChI is InChI=1S/C23H24N2O2/c26-23(22-8-4-16-27-22)24-14-3-5-18-9-11-21(12-10-18)25-15-13-19-6-1-2-7-20(19)17-25/h1-2,4,6-12,16H,3,5,13-15,17H2,(H,24,26). The van der Waals surface area contributed by atoms with Gasteiger partial charge in [0, 0.05) is 25.3 Å². The van der Waals surface area contributed by atoms with Gasteiger partial charge in [0.15, 0.2) is 5.76 Å². The summed E-state index contributed by atoms with van der Waals surface area (Å²) in [6, 6.07) is 20.9. The maximum absolute atomic E-state index is 11.8. The zero-order valence-corrected chi connectivity index (χ0v) is 15.4. The predicted octanol–water partition coefficient (Wildman–Crippen LogP) is 4.20. The van der Waals surface area contributed by atoms with Crippen molar-refractivity contribution in [2.24, 2.45) is 0 Å². The fourth-order valence-electron chi connectivity index (χ4n) is 3.58. The van der Waals surface area contributed by atoms with Crippen molar-refractivity contribution in [2.75, 3.05) is 18.0 Å². The van der Waals surface area contributed by atoms with Gasteiger partial charge in [-0.15, -0.1) is 0 Å². The first-order valence-corrected chi connectivity index (χ1v) is 9.52. The second-order valence-electron chi connectivity index (χ2n) is 6.94. The first kappa shape index (κ1) is 17.4. The Labute approximate surface area is 159 Å². The number of rotatable bonds is 6. The van der Waals surface area contributed by atoms with Crippen LogP contribution in [0.25, 0.3) is 0 Å². The molecule has 1 aliphatic heterocycles. The lowest BCUT2D eigenvalue weighted by Gasteiger charge is -2.30. The molecule has 0 saturated carbocycles. The summed E-state index contributed by atoms with van der Waals surface area (Å²) in [4.78, 5) is 14.3. The van der Waals surface area contributed by atoms with Crippen molar-refractivity contribution in [1.82, 2.24) is 5.32 Å². The summed E-state index contributed by atoms with van der Waals surface area (Å²) in [5.41, 5.74) is 5.48. The second-order valence-corrected chi connectivity index (χ2v) is 6.94. The van der Waals surface area contributed by atoms with Crippen LogP contribution in [0.4, 0.5) is 5.69 Å². The van der Waals surface area contributed by atoms with E-state index in [0.29, 0.717) is 12.3 Å². The molecular formula is C23H24N2O2. The van der Waals surface area contributed by atoms with Crippen LogP contribution < -0.4 is 10.2 Å². The van der Waals surface area contributed by atoms with E-state index >= 15 is 0 Å². The minimum absolute atomic E-state index is 0.152. The van der Waals surface area contributed by atoms with Gasteiger partial charge in [-0.1, -0.05) is 36.4 Å². The molecule has 2 heterocycles. The van der Waals surface area contributed by atoms with Gasteiger partial charge in [0.05, 0.1) is 6.26 Å². The van der Waals surface area contributed by atoms with Gasteiger partial charge >= 0.3 is 0 Å². The largest absolute Gasteiger partial charge is 0.459 e. The summed E-state index contributed by atoms with van der Waals surface area (Å²) in [6.45, 7) is 2.69. The van der Waals surface area contributed by atoms with Gasteiger partial charge in [-0.3, -0.25) is 4.79 Å². The summed E-state index contributed by atoms with van der Waals surface area (Å²) in [5, 5.41) is 2.89. The Balaban J connectivity index is 1.26. The van der Waals surface area contributed by atoms with Crippen LogP contribution in [0, 0.1) is 0 Å². The van der Waals surface area contributed by atoms with E-state index in [1.807, 2.05) is 0 Å². The summed E-state index contributed by atoms with van der Waals surface area (Å²) in [7, 11) is 0. The Bertz CT molecular complexity index is 885. The van der Waals surface area contributed by atoms with Crippen molar-refractivity contribution < 1.29 is 9.21 Å². The number of anilines is 1. The van der Waals surface area contributed by atoms with Crippen LogP contribution in [0.15, 0.2) is 71.3 Å². The Morgan fingerprint density at radius 1 is 1.00 bits per heavy atom. The Morgan fingerprint density at radius 2 is 1.81 bits per heavy atom. The SMILES string of the molecule is O=C(NCCCc1ccc(N2CCc3ccccc3C2)cc1)c1ccco1. The molecule has 3 aromatic rings. The van der Waals surface area contributed by atoms with E-state index in [4.69, 9.17) is 4.42 Å². The normalized spacial score (nSPS) is 13.3. The first-order valence-electron chi connectivity index (χ1n) is 9.52. The highest BCUT2D eigenvalue weighted by molar-refractivity contribution is 5.91. The van der Waals surface area contributed by atoms with E-state index < -0.39 is 0 Å². The van der Waals surface area contributed by atoms with E-state index in [9.17, 15) is 4.79 Å². The molecule has 0 bridgehead atoms. The molecule has 0 atom stereocenters. The van der Waals surface area contributed by atoms with Crippen LogP contribution in [0.1, 0.15) is 33.7 Å². The third-order valence-electron chi connectivity index (χ3n) is 5.10. The van der Waals surface area contributed by atoms with E-state index in [1.165, 1.54) is 28.6 Å². The minimum Gasteiger partial charge on any atom is -0.459 e. The fourth-order valence-corrected chi connectivity index (χ4v) is 3.58. The molecule has 1 amide bonds. The predicted molar refractivity (Wildman–Crippen MR) is 107 cm³/mol. The summed E-state index contributed by atoms with van der Waals surface area (Å²) < 4.78 is 5.09. The number of carbonyl (C=O) groups excluding carboxylic acids is 1. The molecule has 138 valence electrons. The molecule has 0 spiro atoms. The van der Waals surface area contributed by atoms with Crippen molar-refractivity contribution >= 4 is 11.6 Å². The highest BCUT2D eigenvalue weighted by Gasteiger charge is 2.15. The van der Waals surface area contributed by atoms with Crippen molar-refractivity contribution in [3.05, 3.63) is 89.4 Å². The van der Waals surface area contributed by atoms with Crippen LogP contribution in [-0.2, 0) is 19.4 Å². The lowest BCUT2D eigenvalue weighted by atomic mass is 9.99. The van der Waals surface area contributed by atoms with Crippen molar-refractivity contribution in [3.8, 4) is 0 Å². The highest BCUT2D eigenvalue weighted by Crippen LogP contribution is 2.24. The second kappa shape index (κ2) is 8.12. The van der Waals surface area contributed by atoms with Gasteiger partial charge in [-0.25, -0.2) is 0 Å². The average Bonchev–Trinajstić information content (AvgIpc) is 3.26. The topological polar surface area (TPSA) is 45.5 Å². The average molecular weight is 360 g/mol. The number of hydrogen-bond donors (Lipinski definition) is 1. The Kier molecular flexibility index (Phi) is 5.24. The third kappa shape index (κ3) is 4.22. The smallest absolute Gasteiger partial charge is 0.286 e. The maximum Gasteiger partial charge on any atom is 0.286 e. The highest BCUT2D eigenvalue weighted by atomic mass is 16.3. The van der Waals surface area contributed by atoms with Crippen LogP contribution >= 0.6 is 0 Å². The number of hydrogen-bond acceptors (Lipinski definition) is 3. The van der Waals surface area contributed by atoms with Gasteiger partial charge in [0.1, 0.15) is 0 Å². The fraction of sp³-hybridized carbons (Fsp3) is 0.261. The van der Waals surface area contributed by atoms with Crippen LogP contribution in [0.2, 0.25) is 0 Å². The molecule has 0 radical (unpaired) electrons. The number of furan rings is 1. The summed E-state index contributed by atoms with van der Waals surface area (Å²) >= 11 is 0. The molecule has 4 rings (SSSR count). The van der Waals surface area contributed by atoms with Gasteiger partial charge in [-0.2, -0.15) is 0 Å². The zero-order chi connectivity index (χ0) is 18.5. The number of carbonyl (C=O) groups is 1. The van der Waals surface area contributed by atoms with Gasteiger partial charge < -0.3 is 14.6 Å². The molecule has 0 unspecified atom stereocenters. The molecular weight excluding hydrogens is 336 g/mol. The molecule has 2 aromatic carbocycles. The van der Waals surface area contributed by atoms with E-state index in [1.54, 1.807) is 12.1 Å². The lowest BCUT2D eigenvalue weighted by molar-refractivity contribution is 0.0925. The molecule has 1 aliphatic rings. The van der Waals surface area contributed by atoms with Crippen LogP contribution in [0.5, 0.6) is 0 Å². The van der Waals surface area contributed by atoms with Gasteiger partial charge in [0.25, 0.3) is 5.91 Å². The lowest BCUT2D eigenvalue weighted by Crippen LogP contribution is -2.30. The molecule has 0 aliphatic carbocycles. The number of amides is 1. The number of nitrogens with zero attached hydrogens (tertiary/aromatic N) is 1. The van der Waals surface area contributed by atoms with Gasteiger partial charge in [0.2, 0.25) is 0 Å². The third-order valence-corrected chi connectivity index (χ3v) is 5.10. The van der Waals surface area contributed by atoms with Crippen molar-refractivity contribution in [2.45, 2.75) is 25.8 Å². The van der Waals surface area contributed by atoms with Crippen molar-refractivity contribution in [1.29, 1.82) is 0 Å². The quantitative estimate of drug-likeness (QED) is 0.670. The molecule has 4 nitrogen and oxygen atoms in total. The summed E-state index contributed by atoms with van der Waals surface area (Å²) in [6.07, 6.45) is 4.47. The van der Waals surface area contributed by atoms with E-state index in [-0.39, 0.29) is 5.91 Å². The summed E-state index contributed by atoms with van der Waals surface area (Å²) in [5.74, 6) is 0.211. The molecule has 1 N–H and O–H groups in total.